The van der Waals surface area contributed by atoms with E-state index in [1.807, 2.05) is 0 Å². The number of benzene rings is 1. The maximum absolute atomic E-state index is 12.7. The largest absolute Gasteiger partial charge is 0.325 e. The molecule has 1 aromatic rings. The SMILES string of the molecule is C[C@]1(C2CC2)NC(=O)N(CC(=O)Nc2cccc(S(=O)(=O)N3CCCC3)c2)C1=O. The van der Waals surface area contributed by atoms with Crippen molar-refractivity contribution in [1.82, 2.24) is 14.5 Å². The molecule has 2 heterocycles. The van der Waals surface area contributed by atoms with Crippen molar-refractivity contribution in [3.8, 4) is 0 Å². The molecule has 0 spiro atoms. The Morgan fingerprint density at radius 3 is 2.59 bits per heavy atom. The minimum Gasteiger partial charge on any atom is -0.324 e. The Labute approximate surface area is 169 Å². The predicted octanol–water partition coefficient (Wildman–Crippen LogP) is 1.13. The summed E-state index contributed by atoms with van der Waals surface area (Å²) in [4.78, 5) is 38.2. The lowest BCUT2D eigenvalue weighted by molar-refractivity contribution is -0.134. The van der Waals surface area contributed by atoms with Crippen molar-refractivity contribution in [1.29, 1.82) is 0 Å². The molecule has 3 fully saturated rings. The van der Waals surface area contributed by atoms with Crippen LogP contribution in [0.15, 0.2) is 29.2 Å². The molecule has 1 aromatic carbocycles. The van der Waals surface area contributed by atoms with E-state index in [9.17, 15) is 22.8 Å². The highest BCUT2D eigenvalue weighted by Crippen LogP contribution is 2.42. The Bertz CT molecular complexity index is 969. The quantitative estimate of drug-likeness (QED) is 0.670. The molecule has 2 N–H and O–H groups in total. The zero-order chi connectivity index (χ0) is 20.8. The molecule has 0 bridgehead atoms. The van der Waals surface area contributed by atoms with E-state index >= 15 is 0 Å². The Kier molecular flexibility index (Phi) is 4.86. The van der Waals surface area contributed by atoms with Gasteiger partial charge in [-0.15, -0.1) is 0 Å². The second-order valence-electron chi connectivity index (χ2n) is 7.99. The molecule has 0 aromatic heterocycles. The van der Waals surface area contributed by atoms with Crippen molar-refractivity contribution in [3.63, 3.8) is 0 Å². The van der Waals surface area contributed by atoms with E-state index in [-0.39, 0.29) is 10.8 Å². The molecule has 2 saturated heterocycles. The van der Waals surface area contributed by atoms with Crippen LogP contribution in [0.25, 0.3) is 0 Å². The molecular formula is C19H24N4O5S. The van der Waals surface area contributed by atoms with Gasteiger partial charge < -0.3 is 10.6 Å². The number of hydrogen-bond donors (Lipinski definition) is 2. The summed E-state index contributed by atoms with van der Waals surface area (Å²) in [5, 5.41) is 5.28. The lowest BCUT2D eigenvalue weighted by Crippen LogP contribution is -2.46. The van der Waals surface area contributed by atoms with E-state index in [0.717, 1.165) is 30.6 Å². The van der Waals surface area contributed by atoms with Crippen molar-refractivity contribution in [2.24, 2.45) is 5.92 Å². The second-order valence-corrected chi connectivity index (χ2v) is 9.92. The molecule has 4 amide bonds. The molecule has 0 radical (unpaired) electrons. The molecule has 1 saturated carbocycles. The Hall–Kier alpha value is -2.46. The third-order valence-corrected chi connectivity index (χ3v) is 7.71. The normalized spacial score (nSPS) is 25.3. The highest BCUT2D eigenvalue weighted by molar-refractivity contribution is 7.89. The Morgan fingerprint density at radius 2 is 1.93 bits per heavy atom. The molecule has 3 aliphatic rings. The fraction of sp³-hybridized carbons (Fsp3) is 0.526. The number of carbonyl (C=O) groups excluding carboxylic acids is 3. The van der Waals surface area contributed by atoms with Crippen LogP contribution >= 0.6 is 0 Å². The van der Waals surface area contributed by atoms with Gasteiger partial charge in [0, 0.05) is 18.8 Å². The minimum atomic E-state index is -3.60. The molecular weight excluding hydrogens is 396 g/mol. The summed E-state index contributed by atoms with van der Waals surface area (Å²) in [5.74, 6) is -0.853. The maximum atomic E-state index is 12.7. The zero-order valence-corrected chi connectivity index (χ0v) is 17.0. The molecule has 156 valence electrons. The number of imide groups is 1. The van der Waals surface area contributed by atoms with E-state index < -0.39 is 40.0 Å². The lowest BCUT2D eigenvalue weighted by atomic mass is 9.96. The van der Waals surface area contributed by atoms with E-state index in [1.54, 1.807) is 19.1 Å². The van der Waals surface area contributed by atoms with Crippen LogP contribution < -0.4 is 10.6 Å². The number of rotatable bonds is 6. The standard InChI is InChI=1S/C19H24N4O5S/c1-19(13-7-8-13)17(25)23(18(26)21-19)12-16(24)20-14-5-4-6-15(11-14)29(27,28)22-9-2-3-10-22/h4-6,11,13H,2-3,7-10,12H2,1H3,(H,20,24)(H,21,26)/t19-/m1/s1. The third kappa shape index (κ3) is 3.62. The van der Waals surface area contributed by atoms with E-state index in [1.165, 1.54) is 16.4 Å². The molecule has 1 atom stereocenters. The topological polar surface area (TPSA) is 116 Å². The number of carbonyl (C=O) groups is 3. The lowest BCUT2D eigenvalue weighted by Gasteiger charge is -2.20. The molecule has 4 rings (SSSR count). The van der Waals surface area contributed by atoms with Crippen LogP contribution in [0.5, 0.6) is 0 Å². The number of hydrogen-bond acceptors (Lipinski definition) is 5. The van der Waals surface area contributed by atoms with Crippen molar-refractivity contribution in [2.45, 2.75) is 43.0 Å². The van der Waals surface area contributed by atoms with Gasteiger partial charge in [0.05, 0.1) is 4.90 Å². The number of nitrogens with zero attached hydrogens (tertiary/aromatic N) is 2. The first kappa shape index (κ1) is 19.8. The highest BCUT2D eigenvalue weighted by Gasteiger charge is 2.56. The van der Waals surface area contributed by atoms with E-state index in [4.69, 9.17) is 0 Å². The van der Waals surface area contributed by atoms with Gasteiger partial charge in [0.1, 0.15) is 12.1 Å². The first-order chi connectivity index (χ1) is 13.7. The van der Waals surface area contributed by atoms with Crippen LogP contribution in [0.4, 0.5) is 10.5 Å². The summed E-state index contributed by atoms with van der Waals surface area (Å²) in [6.45, 7) is 2.25. The molecule has 29 heavy (non-hydrogen) atoms. The summed E-state index contributed by atoms with van der Waals surface area (Å²) in [5.41, 5.74) is -0.645. The highest BCUT2D eigenvalue weighted by atomic mass is 32.2. The van der Waals surface area contributed by atoms with Gasteiger partial charge in [0.25, 0.3) is 5.91 Å². The van der Waals surface area contributed by atoms with Crippen LogP contribution in [-0.2, 0) is 19.6 Å². The van der Waals surface area contributed by atoms with Gasteiger partial charge in [-0.05, 0) is 56.7 Å². The van der Waals surface area contributed by atoms with Crippen LogP contribution in [0.1, 0.15) is 32.6 Å². The summed E-state index contributed by atoms with van der Waals surface area (Å²) in [6, 6.07) is 5.43. The molecule has 0 unspecified atom stereocenters. The summed E-state index contributed by atoms with van der Waals surface area (Å²) in [6.07, 6.45) is 3.42. The van der Waals surface area contributed by atoms with Gasteiger partial charge in [-0.25, -0.2) is 13.2 Å². The number of anilines is 1. The first-order valence-electron chi connectivity index (χ1n) is 9.76. The van der Waals surface area contributed by atoms with Gasteiger partial charge in [-0.3, -0.25) is 14.5 Å². The summed E-state index contributed by atoms with van der Waals surface area (Å²) >= 11 is 0. The van der Waals surface area contributed by atoms with Gasteiger partial charge in [0.2, 0.25) is 15.9 Å². The second kappa shape index (κ2) is 7.10. The van der Waals surface area contributed by atoms with E-state index in [2.05, 4.69) is 10.6 Å². The first-order valence-corrected chi connectivity index (χ1v) is 11.2. The minimum absolute atomic E-state index is 0.105. The van der Waals surface area contributed by atoms with Gasteiger partial charge in [-0.1, -0.05) is 6.07 Å². The molecule has 1 aliphatic carbocycles. The number of sulfonamides is 1. The van der Waals surface area contributed by atoms with Crippen molar-refractivity contribution >= 4 is 33.6 Å². The maximum Gasteiger partial charge on any atom is 0.325 e. The molecule has 9 nitrogen and oxygen atoms in total. The van der Waals surface area contributed by atoms with Gasteiger partial charge in [0.15, 0.2) is 0 Å². The monoisotopic (exact) mass is 420 g/mol. The fourth-order valence-electron chi connectivity index (χ4n) is 3.95. The number of urea groups is 1. The number of amides is 4. The van der Waals surface area contributed by atoms with Crippen LogP contribution in [0.2, 0.25) is 0 Å². The van der Waals surface area contributed by atoms with Crippen LogP contribution in [0.3, 0.4) is 0 Å². The van der Waals surface area contributed by atoms with Crippen LogP contribution in [0, 0.1) is 5.92 Å². The van der Waals surface area contributed by atoms with Crippen molar-refractivity contribution in [2.75, 3.05) is 25.0 Å². The van der Waals surface area contributed by atoms with Crippen LogP contribution in [-0.4, -0.2) is 60.6 Å². The zero-order valence-electron chi connectivity index (χ0n) is 16.2. The van der Waals surface area contributed by atoms with E-state index in [0.29, 0.717) is 18.8 Å². The van der Waals surface area contributed by atoms with Gasteiger partial charge >= 0.3 is 6.03 Å². The Morgan fingerprint density at radius 1 is 1.24 bits per heavy atom. The number of nitrogens with one attached hydrogen (secondary N) is 2. The molecule has 2 aliphatic heterocycles. The fourth-order valence-corrected chi connectivity index (χ4v) is 5.52. The molecule has 10 heteroatoms. The average Bonchev–Trinajstić information content (AvgIpc) is 3.34. The summed E-state index contributed by atoms with van der Waals surface area (Å²) < 4.78 is 26.8. The third-order valence-electron chi connectivity index (χ3n) is 5.82. The predicted molar refractivity (Wildman–Crippen MR) is 104 cm³/mol. The van der Waals surface area contributed by atoms with Crippen molar-refractivity contribution in [3.05, 3.63) is 24.3 Å². The van der Waals surface area contributed by atoms with Gasteiger partial charge in [-0.2, -0.15) is 4.31 Å². The Balaban J connectivity index is 1.44. The summed E-state index contributed by atoms with van der Waals surface area (Å²) in [7, 11) is -3.60. The van der Waals surface area contributed by atoms with Crippen molar-refractivity contribution < 1.29 is 22.8 Å². The average molecular weight is 420 g/mol. The smallest absolute Gasteiger partial charge is 0.324 e.